The van der Waals surface area contributed by atoms with Crippen molar-refractivity contribution in [2.75, 3.05) is 0 Å². The van der Waals surface area contributed by atoms with Crippen LogP contribution in [-0.2, 0) is 16.0 Å². The number of benzene rings is 1. The number of hydrogen-bond donors (Lipinski definition) is 3. The Morgan fingerprint density at radius 1 is 1.27 bits per heavy atom. The third kappa shape index (κ3) is 3.87. The van der Waals surface area contributed by atoms with E-state index >= 15 is 0 Å². The number of carbonyl (C=O) groups excluding carboxylic acids is 1. The molecule has 3 N–H and O–H groups in total. The van der Waals surface area contributed by atoms with Gasteiger partial charge in [-0.2, -0.15) is 0 Å². The molecule has 118 valence electrons. The predicted molar refractivity (Wildman–Crippen MR) is 85.6 cm³/mol. The topological polar surface area (TPSA) is 82.2 Å². The van der Waals surface area contributed by atoms with E-state index in [9.17, 15) is 9.59 Å². The van der Waals surface area contributed by atoms with Gasteiger partial charge in [0, 0.05) is 29.6 Å². The second kappa shape index (κ2) is 7.11. The number of carbonyl (C=O) groups is 2. The van der Waals surface area contributed by atoms with Crippen molar-refractivity contribution in [3.8, 4) is 0 Å². The van der Waals surface area contributed by atoms with Crippen LogP contribution in [0.5, 0.6) is 0 Å². The standard InChI is InChI=1S/C17H22N2O3/c1-11(17(21)22)12(2)19-16(20)9-5-6-13-10-18-15-8-4-3-7-14(13)15/h3-4,7-8,10-12,18H,5-6,9H2,1-2H3,(H,19,20)(H,21,22). The molecule has 1 aromatic heterocycles. The molecule has 0 bridgehead atoms. The highest BCUT2D eigenvalue weighted by atomic mass is 16.4. The molecule has 0 aliphatic carbocycles. The van der Waals surface area contributed by atoms with E-state index in [1.54, 1.807) is 13.8 Å². The molecule has 1 heterocycles. The first-order valence-electron chi connectivity index (χ1n) is 7.56. The maximum atomic E-state index is 11.9. The molecule has 2 atom stereocenters. The van der Waals surface area contributed by atoms with Crippen molar-refractivity contribution in [2.45, 2.75) is 39.2 Å². The molecular weight excluding hydrogens is 280 g/mol. The van der Waals surface area contributed by atoms with E-state index in [1.807, 2.05) is 24.4 Å². The molecule has 5 heteroatoms. The molecule has 0 saturated heterocycles. The quantitative estimate of drug-likeness (QED) is 0.735. The summed E-state index contributed by atoms with van der Waals surface area (Å²) in [4.78, 5) is 25.9. The normalized spacial score (nSPS) is 13.7. The minimum Gasteiger partial charge on any atom is -0.481 e. The Hall–Kier alpha value is -2.30. The fourth-order valence-electron chi connectivity index (χ4n) is 2.44. The first-order valence-corrected chi connectivity index (χ1v) is 7.56. The monoisotopic (exact) mass is 302 g/mol. The zero-order chi connectivity index (χ0) is 16.1. The number of nitrogens with one attached hydrogen (secondary N) is 2. The Morgan fingerprint density at radius 2 is 2.00 bits per heavy atom. The Morgan fingerprint density at radius 3 is 2.73 bits per heavy atom. The molecule has 0 fully saturated rings. The number of H-pyrrole nitrogens is 1. The summed E-state index contributed by atoms with van der Waals surface area (Å²) in [7, 11) is 0. The van der Waals surface area contributed by atoms with Crippen LogP contribution in [0.2, 0.25) is 0 Å². The summed E-state index contributed by atoms with van der Waals surface area (Å²) in [5.74, 6) is -1.58. The van der Waals surface area contributed by atoms with E-state index in [1.165, 1.54) is 10.9 Å². The molecule has 1 amide bonds. The first-order chi connectivity index (χ1) is 10.5. The number of carboxylic acid groups (broad SMARTS) is 1. The van der Waals surface area contributed by atoms with E-state index in [2.05, 4.69) is 16.4 Å². The van der Waals surface area contributed by atoms with Gasteiger partial charge in [-0.25, -0.2) is 0 Å². The predicted octanol–water partition coefficient (Wildman–Crippen LogP) is 2.72. The van der Waals surface area contributed by atoms with Crippen LogP contribution in [0.4, 0.5) is 0 Å². The SMILES string of the molecule is CC(NC(=O)CCCc1c[nH]c2ccccc12)C(C)C(=O)O. The van der Waals surface area contributed by atoms with Crippen LogP contribution in [0.15, 0.2) is 30.5 Å². The van der Waals surface area contributed by atoms with Crippen molar-refractivity contribution >= 4 is 22.8 Å². The number of hydrogen-bond acceptors (Lipinski definition) is 2. The Kier molecular flexibility index (Phi) is 5.20. The summed E-state index contributed by atoms with van der Waals surface area (Å²) in [6.07, 6.45) is 3.94. The molecule has 0 aliphatic heterocycles. The number of amides is 1. The van der Waals surface area contributed by atoms with Crippen molar-refractivity contribution in [1.82, 2.24) is 10.3 Å². The molecule has 22 heavy (non-hydrogen) atoms. The molecule has 2 rings (SSSR count). The van der Waals surface area contributed by atoms with Gasteiger partial charge in [0.25, 0.3) is 0 Å². The molecule has 2 unspecified atom stereocenters. The van der Waals surface area contributed by atoms with E-state index in [4.69, 9.17) is 5.11 Å². The number of rotatable bonds is 7. The second-order valence-electron chi connectivity index (χ2n) is 5.70. The molecular formula is C17H22N2O3. The summed E-state index contributed by atoms with van der Waals surface area (Å²) in [6, 6.07) is 7.72. The van der Waals surface area contributed by atoms with E-state index < -0.39 is 11.9 Å². The summed E-state index contributed by atoms with van der Waals surface area (Å²) in [6.45, 7) is 3.32. The highest BCUT2D eigenvalue weighted by Gasteiger charge is 2.20. The van der Waals surface area contributed by atoms with Gasteiger partial charge >= 0.3 is 5.97 Å². The van der Waals surface area contributed by atoms with Crippen molar-refractivity contribution in [1.29, 1.82) is 0 Å². The Bertz CT molecular complexity index is 663. The number of aliphatic carboxylic acids is 1. The Balaban J connectivity index is 1.81. The van der Waals surface area contributed by atoms with E-state index in [-0.39, 0.29) is 11.9 Å². The molecule has 0 aliphatic rings. The highest BCUT2D eigenvalue weighted by Crippen LogP contribution is 2.19. The Labute approximate surface area is 129 Å². The third-order valence-electron chi connectivity index (χ3n) is 4.05. The lowest BCUT2D eigenvalue weighted by Gasteiger charge is -2.17. The summed E-state index contributed by atoms with van der Waals surface area (Å²) >= 11 is 0. The fourth-order valence-corrected chi connectivity index (χ4v) is 2.44. The van der Waals surface area contributed by atoms with Crippen LogP contribution in [0.3, 0.4) is 0 Å². The number of aromatic amines is 1. The van der Waals surface area contributed by atoms with Gasteiger partial charge < -0.3 is 15.4 Å². The average molecular weight is 302 g/mol. The van der Waals surface area contributed by atoms with Crippen LogP contribution < -0.4 is 5.32 Å². The maximum Gasteiger partial charge on any atom is 0.308 e. The third-order valence-corrected chi connectivity index (χ3v) is 4.05. The molecule has 1 aromatic carbocycles. The molecule has 2 aromatic rings. The lowest BCUT2D eigenvalue weighted by molar-refractivity contribution is -0.142. The highest BCUT2D eigenvalue weighted by molar-refractivity contribution is 5.83. The van der Waals surface area contributed by atoms with Gasteiger partial charge in [0.2, 0.25) is 5.91 Å². The van der Waals surface area contributed by atoms with E-state index in [0.717, 1.165) is 18.4 Å². The summed E-state index contributed by atoms with van der Waals surface area (Å²) < 4.78 is 0. The number of para-hydroxylation sites is 1. The minimum atomic E-state index is -0.897. The lowest BCUT2D eigenvalue weighted by Crippen LogP contribution is -2.39. The second-order valence-corrected chi connectivity index (χ2v) is 5.70. The smallest absolute Gasteiger partial charge is 0.308 e. The van der Waals surface area contributed by atoms with Crippen LogP contribution in [0, 0.1) is 5.92 Å². The van der Waals surface area contributed by atoms with Gasteiger partial charge in [-0.3, -0.25) is 9.59 Å². The average Bonchev–Trinajstić information content (AvgIpc) is 2.89. The molecule has 5 nitrogen and oxygen atoms in total. The van der Waals surface area contributed by atoms with Crippen LogP contribution >= 0.6 is 0 Å². The van der Waals surface area contributed by atoms with Crippen LogP contribution in [0.25, 0.3) is 10.9 Å². The van der Waals surface area contributed by atoms with Gasteiger partial charge in [0.05, 0.1) is 5.92 Å². The summed E-state index contributed by atoms with van der Waals surface area (Å²) in [5, 5.41) is 12.9. The summed E-state index contributed by atoms with van der Waals surface area (Å²) in [5.41, 5.74) is 2.31. The number of carboxylic acids is 1. The van der Waals surface area contributed by atoms with Gasteiger partial charge in [0.15, 0.2) is 0 Å². The van der Waals surface area contributed by atoms with Crippen molar-refractivity contribution in [2.24, 2.45) is 5.92 Å². The van der Waals surface area contributed by atoms with Gasteiger partial charge in [0.1, 0.15) is 0 Å². The van der Waals surface area contributed by atoms with Gasteiger partial charge in [-0.1, -0.05) is 18.2 Å². The molecule has 0 spiro atoms. The van der Waals surface area contributed by atoms with Crippen LogP contribution in [-0.4, -0.2) is 28.0 Å². The minimum absolute atomic E-state index is 0.0968. The van der Waals surface area contributed by atoms with Gasteiger partial charge in [-0.15, -0.1) is 0 Å². The maximum absolute atomic E-state index is 11.9. The largest absolute Gasteiger partial charge is 0.481 e. The van der Waals surface area contributed by atoms with E-state index in [0.29, 0.717) is 6.42 Å². The molecule has 0 radical (unpaired) electrons. The number of aryl methyl sites for hydroxylation is 1. The van der Waals surface area contributed by atoms with Crippen LogP contribution in [0.1, 0.15) is 32.3 Å². The zero-order valence-corrected chi connectivity index (χ0v) is 12.9. The first kappa shape index (κ1) is 16.1. The number of fused-ring (bicyclic) bond motifs is 1. The zero-order valence-electron chi connectivity index (χ0n) is 12.9. The van der Waals surface area contributed by atoms with Crippen molar-refractivity contribution < 1.29 is 14.7 Å². The fraction of sp³-hybridized carbons (Fsp3) is 0.412. The van der Waals surface area contributed by atoms with Crippen molar-refractivity contribution in [3.05, 3.63) is 36.0 Å². The number of aromatic nitrogens is 1. The van der Waals surface area contributed by atoms with Gasteiger partial charge in [-0.05, 0) is 38.3 Å². The molecule has 0 saturated carbocycles. The van der Waals surface area contributed by atoms with Crippen molar-refractivity contribution in [3.63, 3.8) is 0 Å². The lowest BCUT2D eigenvalue weighted by atomic mass is 10.0.